The molecule has 2 aromatic carbocycles. The van der Waals surface area contributed by atoms with Gasteiger partial charge in [-0.05, 0) is 153 Å². The number of fused-ring (bicyclic) bond motifs is 5. The Morgan fingerprint density at radius 3 is 2.13 bits per heavy atom. The van der Waals surface area contributed by atoms with E-state index in [0.29, 0.717) is 35.5 Å². The van der Waals surface area contributed by atoms with Crippen LogP contribution < -0.4 is 26.3 Å². The van der Waals surface area contributed by atoms with Crippen molar-refractivity contribution in [1.29, 1.82) is 0 Å². The molecule has 3 unspecified atom stereocenters. The van der Waals surface area contributed by atoms with Crippen molar-refractivity contribution in [2.24, 2.45) is 46.3 Å². The Bertz CT molecular complexity index is 1300. The second-order valence-corrected chi connectivity index (χ2v) is 15.6. The molecule has 2 aromatic rings. The smallest absolute Gasteiger partial charge is 0.220 e. The molecule has 4 saturated carbocycles. The van der Waals surface area contributed by atoms with Crippen molar-refractivity contribution in [1.82, 2.24) is 5.32 Å². The Morgan fingerprint density at radius 1 is 0.844 bits per heavy atom. The van der Waals surface area contributed by atoms with Crippen molar-refractivity contribution in [3.63, 3.8) is 0 Å². The zero-order valence-corrected chi connectivity index (χ0v) is 28.1. The third-order valence-electron chi connectivity index (χ3n) is 13.1. The molecule has 5 N–H and O–H groups in total. The maximum absolute atomic E-state index is 12.4. The summed E-state index contributed by atoms with van der Waals surface area (Å²) in [5.74, 6) is 5.85. The molecule has 0 radical (unpaired) electrons. The lowest BCUT2D eigenvalue weighted by Crippen LogP contribution is -2.59. The topological polar surface area (TPSA) is 99.6 Å². The summed E-state index contributed by atoms with van der Waals surface area (Å²) in [6.45, 7) is 10.5. The monoisotopic (exact) mass is 615 g/mol. The molecule has 0 aliphatic heterocycles. The van der Waals surface area contributed by atoms with Crippen LogP contribution in [0.1, 0.15) is 98.3 Å². The fraction of sp³-hybridized carbons (Fsp3) is 0.667. The maximum atomic E-state index is 12.4. The van der Waals surface area contributed by atoms with E-state index >= 15 is 0 Å². The van der Waals surface area contributed by atoms with E-state index in [1.54, 1.807) is 0 Å². The van der Waals surface area contributed by atoms with Crippen LogP contribution in [0.25, 0.3) is 0 Å². The fourth-order valence-electron chi connectivity index (χ4n) is 10.8. The Labute approximate surface area is 271 Å². The van der Waals surface area contributed by atoms with Crippen molar-refractivity contribution in [2.45, 2.75) is 111 Å². The summed E-state index contributed by atoms with van der Waals surface area (Å²) in [4.78, 5) is 12.4. The van der Waals surface area contributed by atoms with Crippen LogP contribution in [0.4, 0.5) is 11.4 Å². The minimum Gasteiger partial charge on any atom is -0.490 e. The van der Waals surface area contributed by atoms with Gasteiger partial charge in [-0.25, -0.2) is 0 Å². The first-order valence-corrected chi connectivity index (χ1v) is 17.9. The standard InChI is InChI=1S/C39H57N3O3/c1-5-22-42-37(43)17-6-25(2)32-15-16-33-31-24-36(45-29-13-9-27(41)10-14-29)35-23-30(44-28-11-7-26(40)8-12-28)18-20-39(35,4)34(31)19-21-38(32,33)3/h7-14,25,30-36H,5-6,15-24,40-41H2,1-4H3,(H,42,43)/t25-,30?,31+,32-,33+,34+,35?,36?,38-,39-/m1/s1. The lowest BCUT2D eigenvalue weighted by Gasteiger charge is -2.63. The van der Waals surface area contributed by atoms with Crippen LogP contribution in [-0.4, -0.2) is 24.7 Å². The van der Waals surface area contributed by atoms with E-state index in [-0.39, 0.29) is 23.5 Å². The summed E-state index contributed by atoms with van der Waals surface area (Å²) in [5, 5.41) is 3.08. The minimum absolute atomic E-state index is 0.152. The SMILES string of the molecule is CCCNC(=O)CC[C@@H](C)[C@H]1CC[C@H]2[C@@H]3CC(Oc4ccc(N)cc4)C4CC(Oc5ccc(N)cc5)CC[C@]4(C)[C@H]3CC[C@]12C. The van der Waals surface area contributed by atoms with Crippen LogP contribution in [0.5, 0.6) is 11.5 Å². The van der Waals surface area contributed by atoms with E-state index in [4.69, 9.17) is 20.9 Å². The molecule has 4 aliphatic rings. The number of nitrogens with two attached hydrogens (primary N) is 2. The highest BCUT2D eigenvalue weighted by Gasteiger charge is 2.63. The Balaban J connectivity index is 1.22. The van der Waals surface area contributed by atoms with E-state index in [0.717, 1.165) is 73.4 Å². The fourth-order valence-corrected chi connectivity index (χ4v) is 10.8. The predicted octanol–water partition coefficient (Wildman–Crippen LogP) is 8.26. The summed E-state index contributed by atoms with van der Waals surface area (Å²) in [5.41, 5.74) is 14.1. The van der Waals surface area contributed by atoms with Gasteiger partial charge in [0.25, 0.3) is 0 Å². The zero-order valence-electron chi connectivity index (χ0n) is 28.1. The molecular formula is C39H57N3O3. The van der Waals surface area contributed by atoms with E-state index < -0.39 is 0 Å². The summed E-state index contributed by atoms with van der Waals surface area (Å²) < 4.78 is 13.6. The number of rotatable bonds is 10. The quantitative estimate of drug-likeness (QED) is 0.234. The highest BCUT2D eigenvalue weighted by Crippen LogP contribution is 2.68. The summed E-state index contributed by atoms with van der Waals surface area (Å²) in [7, 11) is 0. The number of anilines is 2. The van der Waals surface area contributed by atoms with Gasteiger partial charge in [-0.1, -0.05) is 27.7 Å². The highest BCUT2D eigenvalue weighted by molar-refractivity contribution is 5.75. The lowest BCUT2D eigenvalue weighted by molar-refractivity contribution is -0.164. The molecule has 6 rings (SSSR count). The average Bonchev–Trinajstić information content (AvgIpc) is 3.39. The third kappa shape index (κ3) is 6.40. The molecule has 6 nitrogen and oxygen atoms in total. The molecule has 0 saturated heterocycles. The normalized spacial score (nSPS) is 36.2. The molecule has 0 aromatic heterocycles. The second kappa shape index (κ2) is 13.1. The molecule has 1 amide bonds. The van der Waals surface area contributed by atoms with Crippen LogP contribution in [0.15, 0.2) is 48.5 Å². The first kappa shape index (κ1) is 32.1. The Hall–Kier alpha value is -2.89. The average molecular weight is 616 g/mol. The molecule has 4 aliphatic carbocycles. The Kier molecular flexibility index (Phi) is 9.32. The minimum atomic E-state index is 0.152. The molecule has 0 spiro atoms. The molecule has 6 heteroatoms. The van der Waals surface area contributed by atoms with Crippen LogP contribution in [-0.2, 0) is 4.79 Å². The van der Waals surface area contributed by atoms with E-state index in [2.05, 4.69) is 33.0 Å². The van der Waals surface area contributed by atoms with Crippen molar-refractivity contribution < 1.29 is 14.3 Å². The molecule has 0 heterocycles. The van der Waals surface area contributed by atoms with Crippen molar-refractivity contribution in [3.05, 3.63) is 48.5 Å². The van der Waals surface area contributed by atoms with Crippen LogP contribution in [0, 0.1) is 46.3 Å². The molecule has 246 valence electrons. The predicted molar refractivity (Wildman–Crippen MR) is 183 cm³/mol. The molecular weight excluding hydrogens is 558 g/mol. The first-order valence-electron chi connectivity index (χ1n) is 17.9. The van der Waals surface area contributed by atoms with Crippen molar-refractivity contribution in [3.8, 4) is 11.5 Å². The largest absolute Gasteiger partial charge is 0.490 e. The number of ether oxygens (including phenoxy) is 2. The number of nitrogen functional groups attached to an aromatic ring is 2. The van der Waals surface area contributed by atoms with Gasteiger partial charge in [-0.3, -0.25) is 4.79 Å². The van der Waals surface area contributed by atoms with E-state index in [1.165, 1.54) is 32.1 Å². The summed E-state index contributed by atoms with van der Waals surface area (Å²) >= 11 is 0. The van der Waals surface area contributed by atoms with Crippen molar-refractivity contribution in [2.75, 3.05) is 18.0 Å². The number of hydrogen-bond acceptors (Lipinski definition) is 5. The number of benzene rings is 2. The van der Waals surface area contributed by atoms with Gasteiger partial charge < -0.3 is 26.3 Å². The van der Waals surface area contributed by atoms with Gasteiger partial charge in [0.2, 0.25) is 5.91 Å². The molecule has 10 atom stereocenters. The van der Waals surface area contributed by atoms with Gasteiger partial charge >= 0.3 is 0 Å². The number of hydrogen-bond donors (Lipinski definition) is 3. The second-order valence-electron chi connectivity index (χ2n) is 15.6. The van der Waals surface area contributed by atoms with Gasteiger partial charge in [-0.15, -0.1) is 0 Å². The van der Waals surface area contributed by atoms with Crippen LogP contribution >= 0.6 is 0 Å². The van der Waals surface area contributed by atoms with Gasteiger partial charge in [0, 0.05) is 30.3 Å². The zero-order chi connectivity index (χ0) is 31.8. The Morgan fingerprint density at radius 2 is 1.47 bits per heavy atom. The third-order valence-corrected chi connectivity index (χ3v) is 13.1. The molecule has 0 bridgehead atoms. The van der Waals surface area contributed by atoms with Crippen molar-refractivity contribution >= 4 is 17.3 Å². The van der Waals surface area contributed by atoms with Gasteiger partial charge in [0.1, 0.15) is 17.6 Å². The lowest BCUT2D eigenvalue weighted by atomic mass is 9.43. The number of amides is 1. The van der Waals surface area contributed by atoms with Crippen LogP contribution in [0.2, 0.25) is 0 Å². The maximum Gasteiger partial charge on any atom is 0.220 e. The van der Waals surface area contributed by atoms with Crippen LogP contribution in [0.3, 0.4) is 0 Å². The van der Waals surface area contributed by atoms with Gasteiger partial charge in [0.15, 0.2) is 0 Å². The number of nitrogens with one attached hydrogen (secondary N) is 1. The van der Waals surface area contributed by atoms with E-state index in [9.17, 15) is 4.79 Å². The molecule has 45 heavy (non-hydrogen) atoms. The van der Waals surface area contributed by atoms with Gasteiger partial charge in [0.05, 0.1) is 6.10 Å². The highest BCUT2D eigenvalue weighted by atomic mass is 16.5. The number of carbonyl (C=O) groups excluding carboxylic acids is 1. The summed E-state index contributed by atoms with van der Waals surface area (Å²) in [6.07, 6.45) is 12.6. The summed E-state index contributed by atoms with van der Waals surface area (Å²) in [6, 6.07) is 15.8. The number of carbonyl (C=O) groups is 1. The van der Waals surface area contributed by atoms with Gasteiger partial charge in [-0.2, -0.15) is 0 Å². The molecule has 4 fully saturated rings. The van der Waals surface area contributed by atoms with E-state index in [1.807, 2.05) is 48.5 Å². The first-order chi connectivity index (χ1) is 21.6.